The van der Waals surface area contributed by atoms with E-state index in [2.05, 4.69) is 51.3 Å². The second-order valence-corrected chi connectivity index (χ2v) is 6.95. The van der Waals surface area contributed by atoms with Gasteiger partial charge in [0, 0.05) is 42.3 Å². The summed E-state index contributed by atoms with van der Waals surface area (Å²) in [5.41, 5.74) is 1.37. The predicted molar refractivity (Wildman–Crippen MR) is 89.8 cm³/mol. The van der Waals surface area contributed by atoms with E-state index in [4.69, 9.17) is 4.74 Å². The van der Waals surface area contributed by atoms with Crippen LogP contribution in [0.5, 0.6) is 5.75 Å². The van der Waals surface area contributed by atoms with Crippen LogP contribution in [0.15, 0.2) is 22.7 Å². The highest BCUT2D eigenvalue weighted by Gasteiger charge is 2.35. The number of benzene rings is 1. The van der Waals surface area contributed by atoms with Crippen LogP contribution in [-0.2, 0) is 0 Å². The van der Waals surface area contributed by atoms with Gasteiger partial charge < -0.3 is 10.1 Å². The van der Waals surface area contributed by atoms with Gasteiger partial charge in [0.05, 0.1) is 6.61 Å². The highest BCUT2D eigenvalue weighted by Crippen LogP contribution is 2.45. The third kappa shape index (κ3) is 3.43. The Hall–Kier alpha value is -0.580. The van der Waals surface area contributed by atoms with Crippen LogP contribution in [0.3, 0.4) is 0 Å². The Morgan fingerprint density at radius 3 is 2.71 bits per heavy atom. The van der Waals surface area contributed by atoms with Gasteiger partial charge in [0.25, 0.3) is 0 Å². The summed E-state index contributed by atoms with van der Waals surface area (Å²) in [6, 6.07) is 7.00. The fourth-order valence-corrected chi connectivity index (χ4v) is 3.88. The van der Waals surface area contributed by atoms with Crippen molar-refractivity contribution in [2.24, 2.45) is 5.92 Å². The number of nitrogens with one attached hydrogen (secondary N) is 1. The molecule has 0 radical (unpaired) electrons. The Balaban J connectivity index is 1.92. The molecule has 1 N–H and O–H groups in total. The lowest BCUT2D eigenvalue weighted by Gasteiger charge is -2.43. The van der Waals surface area contributed by atoms with Crippen molar-refractivity contribution in [2.75, 3.05) is 32.8 Å². The van der Waals surface area contributed by atoms with E-state index < -0.39 is 0 Å². The Kier molecular flexibility index (Phi) is 5.19. The number of rotatable bonds is 5. The van der Waals surface area contributed by atoms with E-state index in [1.54, 1.807) is 0 Å². The molecular weight excluding hydrogens is 328 g/mol. The monoisotopic (exact) mass is 352 g/mol. The van der Waals surface area contributed by atoms with Gasteiger partial charge in [-0.3, -0.25) is 4.90 Å². The van der Waals surface area contributed by atoms with Crippen molar-refractivity contribution in [3.8, 4) is 5.75 Å². The first kappa shape index (κ1) is 15.3. The number of halogens is 1. The quantitative estimate of drug-likeness (QED) is 0.876. The molecule has 3 nitrogen and oxygen atoms in total. The Morgan fingerprint density at radius 1 is 1.33 bits per heavy atom. The summed E-state index contributed by atoms with van der Waals surface area (Å²) in [6.07, 6.45) is 4.09. The fraction of sp³-hybridized carbons (Fsp3) is 0.647. The van der Waals surface area contributed by atoms with Gasteiger partial charge in [-0.15, -0.1) is 0 Å². The third-order valence-corrected chi connectivity index (χ3v) is 5.22. The van der Waals surface area contributed by atoms with Gasteiger partial charge in [-0.2, -0.15) is 0 Å². The van der Waals surface area contributed by atoms with E-state index in [1.807, 2.05) is 0 Å². The molecule has 1 heterocycles. The first-order valence-electron chi connectivity index (χ1n) is 8.16. The van der Waals surface area contributed by atoms with Crippen molar-refractivity contribution in [2.45, 2.75) is 32.2 Å². The van der Waals surface area contributed by atoms with Gasteiger partial charge in [0.15, 0.2) is 0 Å². The summed E-state index contributed by atoms with van der Waals surface area (Å²) in [4.78, 5) is 2.66. The predicted octanol–water partition coefficient (Wildman–Crippen LogP) is 3.59. The standard InChI is InChI=1S/C17H25BrN2O/c1-2-21-16-7-6-14(18)12-15(16)17(13-4-3-5-13)20-10-8-19-9-11-20/h6-7,12-13,17,19H,2-5,8-11H2,1H3/t17-/m0/s1. The molecule has 0 bridgehead atoms. The van der Waals surface area contributed by atoms with Crippen LogP contribution in [0.2, 0.25) is 0 Å². The first-order valence-corrected chi connectivity index (χ1v) is 8.96. The molecule has 4 heteroatoms. The Morgan fingerprint density at radius 2 is 2.10 bits per heavy atom. The van der Waals surface area contributed by atoms with Gasteiger partial charge in [-0.1, -0.05) is 22.4 Å². The van der Waals surface area contributed by atoms with Crippen LogP contribution < -0.4 is 10.1 Å². The van der Waals surface area contributed by atoms with Crippen LogP contribution in [0.4, 0.5) is 0 Å². The molecule has 0 aromatic heterocycles. The van der Waals surface area contributed by atoms with Crippen molar-refractivity contribution in [3.63, 3.8) is 0 Å². The number of ether oxygens (including phenoxy) is 1. The zero-order valence-corrected chi connectivity index (χ0v) is 14.4. The van der Waals surface area contributed by atoms with Crippen molar-refractivity contribution in [1.82, 2.24) is 10.2 Å². The van der Waals surface area contributed by atoms with E-state index in [-0.39, 0.29) is 0 Å². The normalized spacial score (nSPS) is 21.8. The van der Waals surface area contributed by atoms with Crippen LogP contribution in [-0.4, -0.2) is 37.7 Å². The SMILES string of the molecule is CCOc1ccc(Br)cc1[C@H](C1CCC1)N1CCNCC1. The molecule has 21 heavy (non-hydrogen) atoms. The second-order valence-electron chi connectivity index (χ2n) is 6.04. The Bertz CT molecular complexity index is 470. The first-order chi connectivity index (χ1) is 10.3. The lowest BCUT2D eigenvalue weighted by Crippen LogP contribution is -2.47. The average Bonchev–Trinajstić information content (AvgIpc) is 2.46. The highest BCUT2D eigenvalue weighted by atomic mass is 79.9. The molecule has 1 saturated heterocycles. The molecule has 116 valence electrons. The molecule has 3 rings (SSSR count). The van der Waals surface area contributed by atoms with Gasteiger partial charge in [0.2, 0.25) is 0 Å². The van der Waals surface area contributed by atoms with Crippen molar-refractivity contribution in [3.05, 3.63) is 28.2 Å². The van der Waals surface area contributed by atoms with Crippen molar-refractivity contribution < 1.29 is 4.74 Å². The molecule has 0 amide bonds. The maximum Gasteiger partial charge on any atom is 0.124 e. The molecule has 0 spiro atoms. The summed E-state index contributed by atoms with van der Waals surface area (Å²) in [6.45, 7) is 7.27. The smallest absolute Gasteiger partial charge is 0.124 e. The van der Waals surface area contributed by atoms with Crippen LogP contribution >= 0.6 is 15.9 Å². The number of piperazine rings is 1. The minimum atomic E-state index is 0.514. The summed E-state index contributed by atoms with van der Waals surface area (Å²) >= 11 is 3.64. The van der Waals surface area contributed by atoms with Gasteiger partial charge in [-0.05, 0) is 43.9 Å². The summed E-state index contributed by atoms with van der Waals surface area (Å²) in [5.74, 6) is 1.85. The van der Waals surface area contributed by atoms with Crippen LogP contribution in [0.1, 0.15) is 37.8 Å². The maximum atomic E-state index is 5.92. The van der Waals surface area contributed by atoms with E-state index in [9.17, 15) is 0 Å². The summed E-state index contributed by atoms with van der Waals surface area (Å²) in [7, 11) is 0. The second kappa shape index (κ2) is 7.12. The number of hydrogen-bond acceptors (Lipinski definition) is 3. The summed E-state index contributed by atoms with van der Waals surface area (Å²) in [5, 5.41) is 3.46. The maximum absolute atomic E-state index is 5.92. The molecule has 1 aromatic carbocycles. The lowest BCUT2D eigenvalue weighted by molar-refractivity contribution is 0.0813. The van der Waals surface area contributed by atoms with E-state index in [0.717, 1.165) is 48.9 Å². The van der Waals surface area contributed by atoms with Crippen molar-refractivity contribution >= 4 is 15.9 Å². The number of hydrogen-bond donors (Lipinski definition) is 1. The topological polar surface area (TPSA) is 24.5 Å². The molecule has 1 aromatic rings. The molecule has 1 aliphatic heterocycles. The van der Waals surface area contributed by atoms with Crippen LogP contribution in [0.25, 0.3) is 0 Å². The Labute approximate surface area is 136 Å². The molecule has 1 aliphatic carbocycles. The number of nitrogens with zero attached hydrogens (tertiary/aromatic N) is 1. The van der Waals surface area contributed by atoms with E-state index in [1.165, 1.54) is 24.8 Å². The largest absolute Gasteiger partial charge is 0.494 e. The lowest BCUT2D eigenvalue weighted by atomic mass is 9.76. The van der Waals surface area contributed by atoms with E-state index in [0.29, 0.717) is 6.04 Å². The van der Waals surface area contributed by atoms with Crippen LogP contribution in [0, 0.1) is 5.92 Å². The summed E-state index contributed by atoms with van der Waals surface area (Å²) < 4.78 is 7.07. The average molecular weight is 353 g/mol. The molecule has 1 saturated carbocycles. The zero-order chi connectivity index (χ0) is 14.7. The molecule has 2 aliphatic rings. The molecule has 2 fully saturated rings. The third-order valence-electron chi connectivity index (χ3n) is 4.73. The van der Waals surface area contributed by atoms with Gasteiger partial charge in [-0.25, -0.2) is 0 Å². The molecule has 1 atom stereocenters. The molecular formula is C17H25BrN2O. The zero-order valence-electron chi connectivity index (χ0n) is 12.8. The fourth-order valence-electron chi connectivity index (χ4n) is 3.50. The minimum Gasteiger partial charge on any atom is -0.494 e. The van der Waals surface area contributed by atoms with Gasteiger partial charge >= 0.3 is 0 Å². The van der Waals surface area contributed by atoms with Gasteiger partial charge in [0.1, 0.15) is 5.75 Å². The molecule has 0 unspecified atom stereocenters. The van der Waals surface area contributed by atoms with Crippen molar-refractivity contribution in [1.29, 1.82) is 0 Å². The minimum absolute atomic E-state index is 0.514. The highest BCUT2D eigenvalue weighted by molar-refractivity contribution is 9.10. The van der Waals surface area contributed by atoms with E-state index >= 15 is 0 Å².